The van der Waals surface area contributed by atoms with Crippen LogP contribution in [-0.2, 0) is 9.59 Å². The number of benzene rings is 1. The van der Waals surface area contributed by atoms with Crippen molar-refractivity contribution in [1.29, 1.82) is 0 Å². The minimum atomic E-state index is -1.17. The van der Waals surface area contributed by atoms with Crippen LogP contribution in [0.25, 0.3) is 0 Å². The van der Waals surface area contributed by atoms with Crippen molar-refractivity contribution >= 4 is 23.5 Å². The number of carboxylic acid groups (broad SMARTS) is 1. The maximum absolute atomic E-state index is 12.1. The molecule has 2 amide bonds. The molecule has 0 saturated heterocycles. The summed E-state index contributed by atoms with van der Waals surface area (Å²) < 4.78 is 0. The third kappa shape index (κ3) is 4.87. The quantitative estimate of drug-likeness (QED) is 0.751. The molecule has 22 heavy (non-hydrogen) atoms. The Kier molecular flexibility index (Phi) is 5.68. The monoisotopic (exact) mass is 306 g/mol. The minimum Gasteiger partial charge on any atom is -0.481 e. The second kappa shape index (κ2) is 7.06. The highest BCUT2D eigenvalue weighted by molar-refractivity contribution is 6.04. The van der Waals surface area contributed by atoms with Gasteiger partial charge in [0.2, 0.25) is 5.91 Å². The molecule has 0 fully saturated rings. The summed E-state index contributed by atoms with van der Waals surface area (Å²) >= 11 is 0. The average Bonchev–Trinajstić information content (AvgIpc) is 2.37. The number of nitrogens with one attached hydrogen (secondary N) is 2. The Labute approximate surface area is 129 Å². The van der Waals surface area contributed by atoms with Gasteiger partial charge >= 0.3 is 5.97 Å². The number of para-hydroxylation sites is 1. The van der Waals surface area contributed by atoms with E-state index in [1.807, 2.05) is 13.8 Å². The van der Waals surface area contributed by atoms with Crippen molar-refractivity contribution < 1.29 is 19.5 Å². The van der Waals surface area contributed by atoms with Gasteiger partial charge in [-0.15, -0.1) is 0 Å². The van der Waals surface area contributed by atoms with Crippen molar-refractivity contribution in [1.82, 2.24) is 5.32 Å². The summed E-state index contributed by atoms with van der Waals surface area (Å²) in [6.45, 7) is 6.64. The zero-order chi connectivity index (χ0) is 16.9. The molecule has 0 saturated carbocycles. The Hall–Kier alpha value is -2.37. The third-order valence-electron chi connectivity index (χ3n) is 3.05. The number of carbonyl (C=O) groups is 3. The number of hydrogen-bond donors (Lipinski definition) is 3. The van der Waals surface area contributed by atoms with E-state index >= 15 is 0 Å². The van der Waals surface area contributed by atoms with Crippen molar-refractivity contribution in [3.63, 3.8) is 0 Å². The summed E-state index contributed by atoms with van der Waals surface area (Å²) in [6, 6.07) is 6.59. The number of rotatable bonds is 6. The summed E-state index contributed by atoms with van der Waals surface area (Å²) in [4.78, 5) is 35.2. The van der Waals surface area contributed by atoms with Crippen molar-refractivity contribution in [3.8, 4) is 0 Å². The number of amides is 2. The van der Waals surface area contributed by atoms with Crippen LogP contribution in [0.3, 0.4) is 0 Å². The first-order valence-electron chi connectivity index (χ1n) is 7.06. The molecule has 6 nitrogen and oxygen atoms in total. The standard InChI is InChI=1S/C16H22N2O4/c1-10(2)17-14(20)11-7-5-6-8-12(11)18-13(19)9-16(3,4)15(21)22/h5-8,10H,9H2,1-4H3,(H,17,20)(H,18,19)(H,21,22). The maximum Gasteiger partial charge on any atom is 0.309 e. The van der Waals surface area contributed by atoms with Crippen LogP contribution in [0.15, 0.2) is 24.3 Å². The van der Waals surface area contributed by atoms with Gasteiger partial charge in [-0.05, 0) is 39.8 Å². The van der Waals surface area contributed by atoms with Crippen LogP contribution in [0.5, 0.6) is 0 Å². The molecule has 0 aliphatic carbocycles. The van der Waals surface area contributed by atoms with Crippen LogP contribution in [0.1, 0.15) is 44.5 Å². The Morgan fingerprint density at radius 2 is 1.77 bits per heavy atom. The van der Waals surface area contributed by atoms with E-state index in [9.17, 15) is 14.4 Å². The highest BCUT2D eigenvalue weighted by Gasteiger charge is 2.30. The fourth-order valence-electron chi connectivity index (χ4n) is 1.80. The van der Waals surface area contributed by atoms with Gasteiger partial charge in [0.25, 0.3) is 5.91 Å². The molecule has 0 atom stereocenters. The lowest BCUT2D eigenvalue weighted by molar-refractivity contribution is -0.148. The minimum absolute atomic E-state index is 0.0257. The predicted octanol–water partition coefficient (Wildman–Crippen LogP) is 2.26. The van der Waals surface area contributed by atoms with Gasteiger partial charge in [0.05, 0.1) is 16.7 Å². The molecule has 6 heteroatoms. The Bertz CT molecular complexity index is 579. The molecule has 0 heterocycles. The summed E-state index contributed by atoms with van der Waals surface area (Å²) in [6.07, 6.45) is -0.178. The molecule has 1 aromatic carbocycles. The normalized spacial score (nSPS) is 11.1. The molecule has 1 rings (SSSR count). The Morgan fingerprint density at radius 3 is 2.32 bits per heavy atom. The second-order valence-electron chi connectivity index (χ2n) is 6.09. The SMILES string of the molecule is CC(C)NC(=O)c1ccccc1NC(=O)CC(C)(C)C(=O)O. The molecule has 0 radical (unpaired) electrons. The summed E-state index contributed by atoms with van der Waals surface area (Å²) in [5.74, 6) is -1.78. The highest BCUT2D eigenvalue weighted by atomic mass is 16.4. The molecule has 0 unspecified atom stereocenters. The first-order valence-corrected chi connectivity index (χ1v) is 7.06. The van der Waals surface area contributed by atoms with Gasteiger partial charge in [0.1, 0.15) is 0 Å². The molecule has 3 N–H and O–H groups in total. The zero-order valence-corrected chi connectivity index (χ0v) is 13.3. The molecule has 120 valence electrons. The lowest BCUT2D eigenvalue weighted by Gasteiger charge is -2.19. The van der Waals surface area contributed by atoms with Gasteiger partial charge in [-0.3, -0.25) is 14.4 Å². The third-order valence-corrected chi connectivity index (χ3v) is 3.05. The summed E-state index contributed by atoms with van der Waals surface area (Å²) in [5, 5.41) is 14.4. The second-order valence-corrected chi connectivity index (χ2v) is 6.09. The smallest absolute Gasteiger partial charge is 0.309 e. The van der Waals surface area contributed by atoms with E-state index in [0.717, 1.165) is 0 Å². The number of anilines is 1. The van der Waals surface area contributed by atoms with Crippen LogP contribution in [0, 0.1) is 5.41 Å². The maximum atomic E-state index is 12.1. The number of carbonyl (C=O) groups excluding carboxylic acids is 2. The van der Waals surface area contributed by atoms with Gasteiger partial charge in [0.15, 0.2) is 0 Å². The van der Waals surface area contributed by atoms with Crippen LogP contribution in [0.2, 0.25) is 0 Å². The van der Waals surface area contributed by atoms with Crippen LogP contribution >= 0.6 is 0 Å². The molecule has 0 spiro atoms. The van der Waals surface area contributed by atoms with Crippen molar-refractivity contribution in [2.45, 2.75) is 40.2 Å². The van der Waals surface area contributed by atoms with E-state index in [4.69, 9.17) is 5.11 Å². The molecule has 0 aromatic heterocycles. The van der Waals surface area contributed by atoms with Crippen molar-refractivity contribution in [2.24, 2.45) is 5.41 Å². The molecule has 0 aliphatic rings. The summed E-state index contributed by atoms with van der Waals surface area (Å²) in [5.41, 5.74) is -0.455. The fourth-order valence-corrected chi connectivity index (χ4v) is 1.80. The predicted molar refractivity (Wildman–Crippen MR) is 83.7 cm³/mol. The highest BCUT2D eigenvalue weighted by Crippen LogP contribution is 2.22. The first-order chi connectivity index (χ1) is 10.1. The zero-order valence-electron chi connectivity index (χ0n) is 13.3. The van der Waals surface area contributed by atoms with E-state index in [-0.39, 0.29) is 18.4 Å². The van der Waals surface area contributed by atoms with Gasteiger partial charge < -0.3 is 15.7 Å². The van der Waals surface area contributed by atoms with Crippen molar-refractivity contribution in [3.05, 3.63) is 29.8 Å². The first kappa shape index (κ1) is 17.7. The largest absolute Gasteiger partial charge is 0.481 e. The number of aliphatic carboxylic acids is 1. The van der Waals surface area contributed by atoms with Gasteiger partial charge in [-0.2, -0.15) is 0 Å². The molecule has 0 aliphatic heterocycles. The average molecular weight is 306 g/mol. The van der Waals surface area contributed by atoms with E-state index in [1.54, 1.807) is 24.3 Å². The van der Waals surface area contributed by atoms with Crippen molar-refractivity contribution in [2.75, 3.05) is 5.32 Å². The Morgan fingerprint density at radius 1 is 1.18 bits per heavy atom. The lowest BCUT2D eigenvalue weighted by atomic mass is 9.89. The summed E-state index contributed by atoms with van der Waals surface area (Å²) in [7, 11) is 0. The Balaban J connectivity index is 2.88. The topological polar surface area (TPSA) is 95.5 Å². The van der Waals surface area contributed by atoms with Crippen LogP contribution in [0.4, 0.5) is 5.69 Å². The van der Waals surface area contributed by atoms with Crippen LogP contribution in [-0.4, -0.2) is 28.9 Å². The molecule has 0 bridgehead atoms. The van der Waals surface area contributed by atoms with Gasteiger partial charge in [-0.25, -0.2) is 0 Å². The lowest BCUT2D eigenvalue weighted by Crippen LogP contribution is -2.32. The van der Waals surface area contributed by atoms with Crippen LogP contribution < -0.4 is 10.6 Å². The number of carboxylic acids is 1. The van der Waals surface area contributed by atoms with E-state index in [1.165, 1.54) is 13.8 Å². The fraction of sp³-hybridized carbons (Fsp3) is 0.438. The molecule has 1 aromatic rings. The van der Waals surface area contributed by atoms with E-state index in [0.29, 0.717) is 11.3 Å². The molecular formula is C16H22N2O4. The number of hydrogen-bond acceptors (Lipinski definition) is 3. The van der Waals surface area contributed by atoms with Gasteiger partial charge in [-0.1, -0.05) is 12.1 Å². The van der Waals surface area contributed by atoms with E-state index < -0.39 is 17.3 Å². The van der Waals surface area contributed by atoms with E-state index in [2.05, 4.69) is 10.6 Å². The molecular weight excluding hydrogens is 284 g/mol. The van der Waals surface area contributed by atoms with Gasteiger partial charge in [0, 0.05) is 12.5 Å².